The zero-order valence-electron chi connectivity index (χ0n) is 19.0. The number of carbonyl (C=O) groups excluding carboxylic acids is 1. The van der Waals surface area contributed by atoms with E-state index in [0.717, 1.165) is 45.0 Å². The molecule has 4 heterocycles. The molecule has 1 fully saturated rings. The van der Waals surface area contributed by atoms with Gasteiger partial charge in [0, 0.05) is 41.6 Å². The lowest BCUT2D eigenvalue weighted by atomic mass is 10.2. The summed E-state index contributed by atoms with van der Waals surface area (Å²) in [7, 11) is 0. The molecule has 0 bridgehead atoms. The maximum atomic E-state index is 13.0. The lowest BCUT2D eigenvalue weighted by Gasteiger charge is -2.21. The van der Waals surface area contributed by atoms with Crippen molar-refractivity contribution in [3.63, 3.8) is 0 Å². The van der Waals surface area contributed by atoms with Gasteiger partial charge in [-0.25, -0.2) is 15.0 Å². The summed E-state index contributed by atoms with van der Waals surface area (Å²) in [5.41, 5.74) is 5.92. The quantitative estimate of drug-likeness (QED) is 0.333. The Kier molecular flexibility index (Phi) is 6.44. The minimum Gasteiger partial charge on any atom is -0.394 e. The SMILES string of the molecule is CC(C)Nc1cc(Nc2ccc3ncsc3c2)ncc1-c1nc(C(=O)N2CCCC2CO)cs1. The van der Waals surface area contributed by atoms with Crippen LogP contribution < -0.4 is 10.6 Å². The van der Waals surface area contributed by atoms with Crippen LogP contribution in [-0.2, 0) is 0 Å². The number of carbonyl (C=O) groups is 1. The number of anilines is 3. The second-order valence-electron chi connectivity index (χ2n) is 8.59. The molecule has 8 nitrogen and oxygen atoms in total. The van der Waals surface area contributed by atoms with E-state index in [1.807, 2.05) is 23.7 Å². The Morgan fingerprint density at radius 1 is 1.26 bits per heavy atom. The Hall–Kier alpha value is -3.08. The van der Waals surface area contributed by atoms with E-state index in [2.05, 4.69) is 45.5 Å². The molecule has 1 atom stereocenters. The topological polar surface area (TPSA) is 103 Å². The summed E-state index contributed by atoms with van der Waals surface area (Å²) in [6.07, 6.45) is 3.53. The van der Waals surface area contributed by atoms with Crippen LogP contribution in [0.4, 0.5) is 17.2 Å². The van der Waals surface area contributed by atoms with Crippen molar-refractivity contribution in [1.29, 1.82) is 0 Å². The van der Waals surface area contributed by atoms with Crippen LogP contribution in [0.25, 0.3) is 20.8 Å². The molecule has 1 unspecified atom stereocenters. The van der Waals surface area contributed by atoms with Crippen LogP contribution in [0.3, 0.4) is 0 Å². The van der Waals surface area contributed by atoms with E-state index in [0.29, 0.717) is 18.1 Å². The van der Waals surface area contributed by atoms with E-state index in [-0.39, 0.29) is 24.6 Å². The van der Waals surface area contributed by atoms with Crippen LogP contribution in [-0.4, -0.2) is 56.1 Å². The highest BCUT2D eigenvalue weighted by atomic mass is 32.1. The Bertz CT molecular complexity index is 1320. The molecular weight excluding hydrogens is 468 g/mol. The summed E-state index contributed by atoms with van der Waals surface area (Å²) in [5, 5.41) is 19.0. The second kappa shape index (κ2) is 9.65. The van der Waals surface area contributed by atoms with E-state index in [1.165, 1.54) is 11.3 Å². The minimum atomic E-state index is -0.123. The number of rotatable bonds is 7. The lowest BCUT2D eigenvalue weighted by molar-refractivity contribution is 0.0672. The number of benzene rings is 1. The van der Waals surface area contributed by atoms with Crippen LogP contribution in [0.15, 0.2) is 41.4 Å². The highest BCUT2D eigenvalue weighted by Gasteiger charge is 2.30. The molecule has 1 saturated heterocycles. The number of aromatic nitrogens is 3. The number of aliphatic hydroxyl groups is 1. The maximum Gasteiger partial charge on any atom is 0.273 e. The summed E-state index contributed by atoms with van der Waals surface area (Å²) >= 11 is 3.03. The molecule has 3 aromatic heterocycles. The Morgan fingerprint density at radius 2 is 2.15 bits per heavy atom. The lowest BCUT2D eigenvalue weighted by Crippen LogP contribution is -2.37. The minimum absolute atomic E-state index is 0.0144. The molecule has 10 heteroatoms. The van der Waals surface area contributed by atoms with Gasteiger partial charge in [-0.05, 0) is 44.9 Å². The van der Waals surface area contributed by atoms with Gasteiger partial charge in [-0.15, -0.1) is 22.7 Å². The molecule has 3 N–H and O–H groups in total. The number of aliphatic hydroxyl groups excluding tert-OH is 1. The number of thiazole rings is 2. The summed E-state index contributed by atoms with van der Waals surface area (Å²) in [4.78, 5) is 28.3. The maximum absolute atomic E-state index is 13.0. The summed E-state index contributed by atoms with van der Waals surface area (Å²) < 4.78 is 1.11. The number of hydrogen-bond acceptors (Lipinski definition) is 9. The molecule has 176 valence electrons. The molecule has 0 saturated carbocycles. The summed E-state index contributed by atoms with van der Waals surface area (Å²) in [6, 6.07) is 8.10. The van der Waals surface area contributed by atoms with Crippen molar-refractivity contribution in [3.8, 4) is 10.6 Å². The van der Waals surface area contributed by atoms with Crippen LogP contribution in [0.5, 0.6) is 0 Å². The fraction of sp³-hybridized carbons (Fsp3) is 0.333. The molecule has 1 aliphatic rings. The van der Waals surface area contributed by atoms with Gasteiger partial charge >= 0.3 is 0 Å². The first-order valence-electron chi connectivity index (χ1n) is 11.3. The first-order chi connectivity index (χ1) is 16.5. The zero-order chi connectivity index (χ0) is 23.7. The van der Waals surface area contributed by atoms with E-state index < -0.39 is 0 Å². The fourth-order valence-electron chi connectivity index (χ4n) is 4.14. The second-order valence-corrected chi connectivity index (χ2v) is 10.3. The van der Waals surface area contributed by atoms with E-state index >= 15 is 0 Å². The van der Waals surface area contributed by atoms with Crippen LogP contribution >= 0.6 is 22.7 Å². The first kappa shape index (κ1) is 22.7. The molecule has 5 rings (SSSR count). The van der Waals surface area contributed by atoms with Crippen molar-refractivity contribution in [3.05, 3.63) is 47.0 Å². The van der Waals surface area contributed by atoms with Crippen LogP contribution in [0.1, 0.15) is 37.2 Å². The van der Waals surface area contributed by atoms with E-state index in [1.54, 1.807) is 27.8 Å². The summed E-state index contributed by atoms with van der Waals surface area (Å²) in [6.45, 7) is 4.80. The molecule has 1 aromatic carbocycles. The predicted octanol–water partition coefficient (Wildman–Crippen LogP) is 4.98. The molecule has 4 aromatic rings. The first-order valence-corrected chi connectivity index (χ1v) is 13.0. The number of likely N-dealkylation sites (tertiary alicyclic amines) is 1. The molecule has 0 aliphatic carbocycles. The number of nitrogens with one attached hydrogen (secondary N) is 2. The van der Waals surface area contributed by atoms with Gasteiger partial charge in [-0.2, -0.15) is 0 Å². The normalized spacial score (nSPS) is 15.9. The molecule has 0 spiro atoms. The molecule has 34 heavy (non-hydrogen) atoms. The molecular formula is C24H26N6O2S2. The summed E-state index contributed by atoms with van der Waals surface area (Å²) in [5.74, 6) is 0.591. The largest absolute Gasteiger partial charge is 0.394 e. The van der Waals surface area contributed by atoms with Crippen molar-refractivity contribution >= 4 is 56.0 Å². The van der Waals surface area contributed by atoms with E-state index in [9.17, 15) is 9.90 Å². The Labute approximate surface area is 205 Å². The average Bonchev–Trinajstić information content (AvgIpc) is 3.58. The van der Waals surface area contributed by atoms with Gasteiger partial charge in [-0.1, -0.05) is 0 Å². The monoisotopic (exact) mass is 494 g/mol. The van der Waals surface area contributed by atoms with Gasteiger partial charge in [0.05, 0.1) is 33.9 Å². The predicted molar refractivity (Wildman–Crippen MR) is 138 cm³/mol. The third-order valence-electron chi connectivity index (χ3n) is 5.75. The van der Waals surface area contributed by atoms with E-state index in [4.69, 9.17) is 0 Å². The zero-order valence-corrected chi connectivity index (χ0v) is 20.6. The van der Waals surface area contributed by atoms with Crippen molar-refractivity contribution < 1.29 is 9.90 Å². The molecule has 1 aliphatic heterocycles. The number of amides is 1. The van der Waals surface area contributed by atoms with Crippen LogP contribution in [0, 0.1) is 0 Å². The highest BCUT2D eigenvalue weighted by Crippen LogP contribution is 2.34. The number of nitrogens with zero attached hydrogens (tertiary/aromatic N) is 4. The Balaban J connectivity index is 1.41. The Morgan fingerprint density at radius 3 is 2.97 bits per heavy atom. The fourth-order valence-corrected chi connectivity index (χ4v) is 5.67. The molecule has 1 amide bonds. The van der Waals surface area contributed by atoms with Crippen molar-refractivity contribution in [2.45, 2.75) is 38.8 Å². The van der Waals surface area contributed by atoms with Gasteiger partial charge < -0.3 is 20.6 Å². The highest BCUT2D eigenvalue weighted by molar-refractivity contribution is 7.16. The van der Waals surface area contributed by atoms with Gasteiger partial charge in [-0.3, -0.25) is 4.79 Å². The average molecular weight is 495 g/mol. The number of pyridine rings is 1. The standard InChI is InChI=1S/C24H26N6O2S2/c1-14(2)27-19-9-22(28-15-5-6-18-21(8-15)34-13-26-18)25-10-17(19)23-29-20(12-33-23)24(32)30-7-3-4-16(30)11-31/h5-6,8-10,12-14,16,31H,3-4,7,11H2,1-2H3,(H2,25,27,28). The third-order valence-corrected chi connectivity index (χ3v) is 7.42. The van der Waals surface area contributed by atoms with Gasteiger partial charge in [0.1, 0.15) is 16.5 Å². The van der Waals surface area contributed by atoms with Crippen molar-refractivity contribution in [2.24, 2.45) is 0 Å². The van der Waals surface area contributed by atoms with Crippen LogP contribution in [0.2, 0.25) is 0 Å². The van der Waals surface area contributed by atoms with Gasteiger partial charge in [0.25, 0.3) is 5.91 Å². The van der Waals surface area contributed by atoms with Crippen molar-refractivity contribution in [1.82, 2.24) is 19.9 Å². The molecule has 0 radical (unpaired) electrons. The third kappa shape index (κ3) is 4.61. The van der Waals surface area contributed by atoms with Gasteiger partial charge in [0.2, 0.25) is 0 Å². The number of hydrogen-bond donors (Lipinski definition) is 3. The number of fused-ring (bicyclic) bond motifs is 1. The van der Waals surface area contributed by atoms with Gasteiger partial charge in [0.15, 0.2) is 0 Å². The van der Waals surface area contributed by atoms with Crippen molar-refractivity contribution in [2.75, 3.05) is 23.8 Å². The smallest absolute Gasteiger partial charge is 0.273 e.